The minimum atomic E-state index is 0.505. The van der Waals surface area contributed by atoms with E-state index in [1.165, 1.54) is 0 Å². The molecular weight excluding hydrogens is 282 g/mol. The third-order valence-corrected chi connectivity index (χ3v) is 3.74. The van der Waals surface area contributed by atoms with E-state index < -0.39 is 0 Å². The number of benzene rings is 2. The van der Waals surface area contributed by atoms with Crippen molar-refractivity contribution in [1.29, 1.82) is 5.26 Å². The molecule has 3 aromatic rings. The normalized spacial score (nSPS) is 10.3. The van der Waals surface area contributed by atoms with Crippen LogP contribution in [0.15, 0.2) is 48.7 Å². The third-order valence-electron chi connectivity index (χ3n) is 3.34. The number of aromatic nitrogens is 1. The van der Waals surface area contributed by atoms with Crippen molar-refractivity contribution in [1.82, 2.24) is 4.98 Å². The van der Waals surface area contributed by atoms with Crippen LogP contribution in [0.2, 0.25) is 5.02 Å². The Morgan fingerprint density at radius 3 is 2.76 bits per heavy atom. The standard InChI is InChI=1S/C17H12ClN3/c1-11-6-7-13(8-15(11)18)21-17-12(9-19)10-20-16-5-3-2-4-14(16)17/h2-8,10H,1H3,(H,20,21). The summed E-state index contributed by atoms with van der Waals surface area (Å²) < 4.78 is 0. The molecule has 102 valence electrons. The summed E-state index contributed by atoms with van der Waals surface area (Å²) in [6, 6.07) is 15.6. The molecule has 4 heteroatoms. The van der Waals surface area contributed by atoms with Crippen LogP contribution in [0, 0.1) is 18.3 Å². The van der Waals surface area contributed by atoms with Gasteiger partial charge in [0.2, 0.25) is 0 Å². The average molecular weight is 294 g/mol. The lowest BCUT2D eigenvalue weighted by molar-refractivity contribution is 1.36. The smallest absolute Gasteiger partial charge is 0.103 e. The Bertz CT molecular complexity index is 866. The van der Waals surface area contributed by atoms with Gasteiger partial charge in [0.1, 0.15) is 6.07 Å². The molecule has 0 bridgehead atoms. The van der Waals surface area contributed by atoms with Gasteiger partial charge < -0.3 is 5.32 Å². The van der Waals surface area contributed by atoms with E-state index in [4.69, 9.17) is 11.6 Å². The molecule has 0 aliphatic carbocycles. The Balaban J connectivity index is 2.14. The van der Waals surface area contributed by atoms with Crippen molar-refractivity contribution in [3.8, 4) is 6.07 Å². The van der Waals surface area contributed by atoms with E-state index in [0.29, 0.717) is 10.6 Å². The molecule has 0 saturated heterocycles. The quantitative estimate of drug-likeness (QED) is 0.737. The zero-order chi connectivity index (χ0) is 14.8. The monoisotopic (exact) mass is 293 g/mol. The molecule has 0 atom stereocenters. The number of hydrogen-bond donors (Lipinski definition) is 1. The lowest BCUT2D eigenvalue weighted by atomic mass is 10.1. The van der Waals surface area contributed by atoms with Crippen LogP contribution in [0.1, 0.15) is 11.1 Å². The minimum absolute atomic E-state index is 0.505. The maximum absolute atomic E-state index is 9.30. The predicted molar refractivity (Wildman–Crippen MR) is 85.9 cm³/mol. The van der Waals surface area contributed by atoms with Crippen LogP contribution in [0.3, 0.4) is 0 Å². The first-order valence-corrected chi connectivity index (χ1v) is 6.88. The van der Waals surface area contributed by atoms with E-state index in [0.717, 1.165) is 27.8 Å². The highest BCUT2D eigenvalue weighted by atomic mass is 35.5. The molecule has 21 heavy (non-hydrogen) atoms. The number of rotatable bonds is 2. The van der Waals surface area contributed by atoms with Gasteiger partial charge in [-0.3, -0.25) is 4.98 Å². The van der Waals surface area contributed by atoms with Gasteiger partial charge in [-0.25, -0.2) is 0 Å². The molecular formula is C17H12ClN3. The number of aryl methyl sites for hydroxylation is 1. The van der Waals surface area contributed by atoms with Gasteiger partial charge in [0, 0.05) is 22.3 Å². The van der Waals surface area contributed by atoms with E-state index in [1.54, 1.807) is 6.20 Å². The molecule has 0 aliphatic heterocycles. The van der Waals surface area contributed by atoms with Gasteiger partial charge in [0.25, 0.3) is 0 Å². The van der Waals surface area contributed by atoms with Gasteiger partial charge in [-0.1, -0.05) is 35.9 Å². The molecule has 0 unspecified atom stereocenters. The second-order valence-electron chi connectivity index (χ2n) is 4.76. The van der Waals surface area contributed by atoms with Crippen LogP contribution in [0.5, 0.6) is 0 Å². The second-order valence-corrected chi connectivity index (χ2v) is 5.17. The SMILES string of the molecule is Cc1ccc(Nc2c(C#N)cnc3ccccc23)cc1Cl. The Morgan fingerprint density at radius 1 is 1.19 bits per heavy atom. The zero-order valence-corrected chi connectivity index (χ0v) is 12.1. The molecule has 0 saturated carbocycles. The molecule has 2 aromatic carbocycles. The number of para-hydroxylation sites is 1. The van der Waals surface area contributed by atoms with Crippen molar-refractivity contribution in [3.05, 3.63) is 64.8 Å². The topological polar surface area (TPSA) is 48.7 Å². The molecule has 0 radical (unpaired) electrons. The summed E-state index contributed by atoms with van der Waals surface area (Å²) in [6.07, 6.45) is 1.58. The Kier molecular flexibility index (Phi) is 3.47. The first kappa shape index (κ1) is 13.4. The van der Waals surface area contributed by atoms with Gasteiger partial charge in [0.15, 0.2) is 0 Å². The van der Waals surface area contributed by atoms with Crippen LogP contribution in [-0.2, 0) is 0 Å². The van der Waals surface area contributed by atoms with Gasteiger partial charge in [-0.05, 0) is 30.7 Å². The van der Waals surface area contributed by atoms with Crippen LogP contribution in [-0.4, -0.2) is 4.98 Å². The molecule has 0 spiro atoms. The lowest BCUT2D eigenvalue weighted by Gasteiger charge is -2.12. The second kappa shape index (κ2) is 5.43. The van der Waals surface area contributed by atoms with Crippen molar-refractivity contribution in [2.45, 2.75) is 6.92 Å². The molecule has 0 fully saturated rings. The molecule has 0 amide bonds. The fraction of sp³-hybridized carbons (Fsp3) is 0.0588. The third kappa shape index (κ3) is 2.54. The first-order valence-electron chi connectivity index (χ1n) is 6.50. The lowest BCUT2D eigenvalue weighted by Crippen LogP contribution is -1.97. The van der Waals surface area contributed by atoms with Crippen LogP contribution >= 0.6 is 11.6 Å². The maximum atomic E-state index is 9.30. The molecule has 1 heterocycles. The van der Waals surface area contributed by atoms with Gasteiger partial charge >= 0.3 is 0 Å². The number of nitriles is 1. The number of fused-ring (bicyclic) bond motifs is 1. The minimum Gasteiger partial charge on any atom is -0.354 e. The summed E-state index contributed by atoms with van der Waals surface area (Å²) in [7, 11) is 0. The summed E-state index contributed by atoms with van der Waals surface area (Å²) in [5, 5.41) is 14.2. The molecule has 1 N–H and O–H groups in total. The number of nitrogens with zero attached hydrogens (tertiary/aromatic N) is 2. The van der Waals surface area contributed by atoms with Crippen LogP contribution in [0.4, 0.5) is 11.4 Å². The highest BCUT2D eigenvalue weighted by Gasteiger charge is 2.09. The predicted octanol–water partition coefficient (Wildman–Crippen LogP) is 4.81. The summed E-state index contributed by atoms with van der Waals surface area (Å²) in [4.78, 5) is 4.30. The van der Waals surface area contributed by atoms with Crippen molar-refractivity contribution in [3.63, 3.8) is 0 Å². The van der Waals surface area contributed by atoms with Crippen molar-refractivity contribution in [2.75, 3.05) is 5.32 Å². The summed E-state index contributed by atoms with van der Waals surface area (Å²) >= 11 is 6.15. The number of nitrogens with one attached hydrogen (secondary N) is 1. The van der Waals surface area contributed by atoms with Crippen molar-refractivity contribution < 1.29 is 0 Å². The van der Waals surface area contributed by atoms with Crippen molar-refractivity contribution in [2.24, 2.45) is 0 Å². The zero-order valence-electron chi connectivity index (χ0n) is 11.4. The van der Waals surface area contributed by atoms with E-state index in [1.807, 2.05) is 49.4 Å². The average Bonchev–Trinajstić information content (AvgIpc) is 2.51. The summed E-state index contributed by atoms with van der Waals surface area (Å²) in [5.41, 5.74) is 3.96. The first-order chi connectivity index (χ1) is 10.2. The molecule has 1 aromatic heterocycles. The van der Waals surface area contributed by atoms with E-state index in [2.05, 4.69) is 16.4 Å². The number of anilines is 2. The maximum Gasteiger partial charge on any atom is 0.103 e. The van der Waals surface area contributed by atoms with E-state index in [9.17, 15) is 5.26 Å². The number of halogens is 1. The Hall–Kier alpha value is -2.57. The van der Waals surface area contributed by atoms with Crippen LogP contribution in [0.25, 0.3) is 10.9 Å². The molecule has 0 aliphatic rings. The largest absolute Gasteiger partial charge is 0.354 e. The fourth-order valence-electron chi connectivity index (χ4n) is 2.18. The van der Waals surface area contributed by atoms with E-state index in [-0.39, 0.29) is 0 Å². The highest BCUT2D eigenvalue weighted by molar-refractivity contribution is 6.31. The number of hydrogen-bond acceptors (Lipinski definition) is 3. The Morgan fingerprint density at radius 2 is 2.00 bits per heavy atom. The van der Waals surface area contributed by atoms with Gasteiger partial charge in [-0.15, -0.1) is 0 Å². The van der Waals surface area contributed by atoms with Gasteiger partial charge in [0.05, 0.1) is 16.8 Å². The Labute approximate surface area is 127 Å². The summed E-state index contributed by atoms with van der Waals surface area (Å²) in [5.74, 6) is 0. The highest BCUT2D eigenvalue weighted by Crippen LogP contribution is 2.30. The summed E-state index contributed by atoms with van der Waals surface area (Å²) in [6.45, 7) is 1.95. The number of pyridine rings is 1. The van der Waals surface area contributed by atoms with Gasteiger partial charge in [-0.2, -0.15) is 5.26 Å². The van der Waals surface area contributed by atoms with Crippen molar-refractivity contribution >= 4 is 33.9 Å². The fourth-order valence-corrected chi connectivity index (χ4v) is 2.36. The van der Waals surface area contributed by atoms with E-state index >= 15 is 0 Å². The molecule has 3 rings (SSSR count). The molecule has 3 nitrogen and oxygen atoms in total. The van der Waals surface area contributed by atoms with Crippen LogP contribution < -0.4 is 5.32 Å².